The normalized spacial score (nSPS) is 16.9. The number of likely N-dealkylation sites (N-methyl/N-ethyl adjacent to an activating group) is 1. The summed E-state index contributed by atoms with van der Waals surface area (Å²) in [6, 6.07) is 2.00. The van der Waals surface area contributed by atoms with E-state index >= 15 is 0 Å². The molecule has 96 valence electrons. The molecule has 5 heteroatoms. The third kappa shape index (κ3) is 1.38. The summed E-state index contributed by atoms with van der Waals surface area (Å²) >= 11 is 0. The van der Waals surface area contributed by atoms with Crippen LogP contribution in [0.5, 0.6) is 0 Å². The molecule has 0 saturated carbocycles. The van der Waals surface area contributed by atoms with Crippen LogP contribution in [-0.4, -0.2) is 39.2 Å². The molecule has 1 aliphatic carbocycles. The second-order valence-electron chi connectivity index (χ2n) is 5.16. The van der Waals surface area contributed by atoms with E-state index in [0.717, 1.165) is 48.4 Å². The molecule has 1 aliphatic heterocycles. The summed E-state index contributed by atoms with van der Waals surface area (Å²) in [5, 5.41) is 4.66. The molecule has 0 saturated heterocycles. The van der Waals surface area contributed by atoms with Crippen molar-refractivity contribution in [2.24, 2.45) is 0 Å². The smallest absolute Gasteiger partial charge is 0.272 e. The molecule has 2 aromatic rings. The van der Waals surface area contributed by atoms with E-state index < -0.39 is 0 Å². The highest BCUT2D eigenvalue weighted by Crippen LogP contribution is 2.35. The third-order valence-electron chi connectivity index (χ3n) is 4.05. The lowest BCUT2D eigenvalue weighted by Gasteiger charge is -2.24. The van der Waals surface area contributed by atoms with Crippen molar-refractivity contribution in [3.63, 3.8) is 0 Å². The first-order chi connectivity index (χ1) is 9.25. The molecule has 5 nitrogen and oxygen atoms in total. The predicted octanol–water partition coefficient (Wildman–Crippen LogP) is 1.13. The van der Waals surface area contributed by atoms with E-state index in [2.05, 4.69) is 10.1 Å². The Labute approximate surface area is 110 Å². The summed E-state index contributed by atoms with van der Waals surface area (Å²) in [5.41, 5.74) is 5.23. The molecule has 2 aromatic heterocycles. The predicted molar refractivity (Wildman–Crippen MR) is 69.8 cm³/mol. The standard InChI is InChI=1S/C14H14N4O/c1-17-6-7-18-13(14(17)19)11-3-2-9-8-15-5-4-10(9)12(11)16-18/h4-5,8H,2-3,6-7H2,1H3. The number of aryl methyl sites for hydroxylation is 1. The van der Waals surface area contributed by atoms with Crippen molar-refractivity contribution >= 4 is 5.91 Å². The zero-order valence-electron chi connectivity index (χ0n) is 10.8. The van der Waals surface area contributed by atoms with Gasteiger partial charge in [-0.15, -0.1) is 0 Å². The van der Waals surface area contributed by atoms with Crippen LogP contribution in [0.1, 0.15) is 21.6 Å². The summed E-state index contributed by atoms with van der Waals surface area (Å²) < 4.78 is 1.88. The van der Waals surface area contributed by atoms with Gasteiger partial charge in [0.2, 0.25) is 0 Å². The van der Waals surface area contributed by atoms with Gasteiger partial charge in [-0.2, -0.15) is 5.10 Å². The van der Waals surface area contributed by atoms with E-state index in [-0.39, 0.29) is 5.91 Å². The number of carbonyl (C=O) groups is 1. The Morgan fingerprint density at radius 2 is 2.16 bits per heavy atom. The molecule has 19 heavy (non-hydrogen) atoms. The van der Waals surface area contributed by atoms with Crippen LogP contribution in [0.4, 0.5) is 0 Å². The van der Waals surface area contributed by atoms with Crippen molar-refractivity contribution in [1.29, 1.82) is 0 Å². The van der Waals surface area contributed by atoms with Crippen molar-refractivity contribution in [2.45, 2.75) is 19.4 Å². The molecule has 0 fully saturated rings. The fourth-order valence-corrected chi connectivity index (χ4v) is 3.00. The van der Waals surface area contributed by atoms with Crippen LogP contribution in [-0.2, 0) is 19.4 Å². The van der Waals surface area contributed by atoms with Crippen molar-refractivity contribution in [2.75, 3.05) is 13.6 Å². The molecule has 0 unspecified atom stereocenters. The van der Waals surface area contributed by atoms with Gasteiger partial charge in [0.25, 0.3) is 5.91 Å². The molecule has 0 bridgehead atoms. The first-order valence-corrected chi connectivity index (χ1v) is 6.54. The fraction of sp³-hybridized carbons (Fsp3) is 0.357. The number of amides is 1. The van der Waals surface area contributed by atoms with Gasteiger partial charge in [0.1, 0.15) is 5.69 Å². The van der Waals surface area contributed by atoms with Gasteiger partial charge in [0.15, 0.2) is 0 Å². The zero-order valence-corrected chi connectivity index (χ0v) is 10.8. The lowest BCUT2D eigenvalue weighted by Crippen LogP contribution is -2.38. The van der Waals surface area contributed by atoms with Gasteiger partial charge in [-0.05, 0) is 24.5 Å². The molecule has 0 aromatic carbocycles. The average Bonchev–Trinajstić information content (AvgIpc) is 2.82. The highest BCUT2D eigenvalue weighted by atomic mass is 16.2. The maximum Gasteiger partial charge on any atom is 0.272 e. The topological polar surface area (TPSA) is 51.0 Å². The maximum atomic E-state index is 12.3. The van der Waals surface area contributed by atoms with E-state index in [9.17, 15) is 4.79 Å². The molecule has 0 N–H and O–H groups in total. The highest BCUT2D eigenvalue weighted by Gasteiger charge is 2.32. The number of aromatic nitrogens is 3. The van der Waals surface area contributed by atoms with E-state index in [4.69, 9.17) is 0 Å². The fourth-order valence-electron chi connectivity index (χ4n) is 3.00. The minimum Gasteiger partial charge on any atom is -0.339 e. The Morgan fingerprint density at radius 3 is 3.05 bits per heavy atom. The van der Waals surface area contributed by atoms with Crippen LogP contribution < -0.4 is 0 Å². The summed E-state index contributed by atoms with van der Waals surface area (Å²) in [6.45, 7) is 1.51. The van der Waals surface area contributed by atoms with E-state index in [0.29, 0.717) is 0 Å². The molecule has 1 amide bonds. The molecule has 3 heterocycles. The summed E-state index contributed by atoms with van der Waals surface area (Å²) in [5.74, 6) is 0.0949. The summed E-state index contributed by atoms with van der Waals surface area (Å²) in [6.07, 6.45) is 5.51. The number of nitrogens with zero attached hydrogens (tertiary/aromatic N) is 4. The number of fused-ring (bicyclic) bond motifs is 5. The van der Waals surface area contributed by atoms with Crippen molar-refractivity contribution < 1.29 is 4.79 Å². The molecule has 4 rings (SSSR count). The van der Waals surface area contributed by atoms with Crippen LogP contribution >= 0.6 is 0 Å². The van der Waals surface area contributed by atoms with Crippen LogP contribution in [0.25, 0.3) is 11.3 Å². The quantitative estimate of drug-likeness (QED) is 0.708. The lowest BCUT2D eigenvalue weighted by molar-refractivity contribution is 0.0741. The van der Waals surface area contributed by atoms with Gasteiger partial charge in [0, 0.05) is 37.1 Å². The first-order valence-electron chi connectivity index (χ1n) is 6.54. The van der Waals surface area contributed by atoms with E-state index in [1.54, 1.807) is 11.1 Å². The van der Waals surface area contributed by atoms with Crippen LogP contribution in [0.3, 0.4) is 0 Å². The molecular weight excluding hydrogens is 240 g/mol. The minimum atomic E-state index is 0.0949. The van der Waals surface area contributed by atoms with Gasteiger partial charge in [-0.1, -0.05) is 0 Å². The van der Waals surface area contributed by atoms with Crippen LogP contribution in [0.15, 0.2) is 18.5 Å². The largest absolute Gasteiger partial charge is 0.339 e. The minimum absolute atomic E-state index is 0.0949. The van der Waals surface area contributed by atoms with Crippen LogP contribution in [0.2, 0.25) is 0 Å². The second-order valence-corrected chi connectivity index (χ2v) is 5.16. The molecular formula is C14H14N4O. The van der Waals surface area contributed by atoms with Crippen molar-refractivity contribution in [3.05, 3.63) is 35.3 Å². The zero-order chi connectivity index (χ0) is 13.0. The average molecular weight is 254 g/mol. The Kier molecular flexibility index (Phi) is 2.07. The molecule has 0 atom stereocenters. The Hall–Kier alpha value is -2.17. The van der Waals surface area contributed by atoms with E-state index in [1.807, 2.05) is 24.0 Å². The van der Waals surface area contributed by atoms with Gasteiger partial charge >= 0.3 is 0 Å². The SMILES string of the molecule is CN1CCn2nc3c(c2C1=O)CCc1cnccc1-3. The lowest BCUT2D eigenvalue weighted by atomic mass is 9.90. The number of pyridine rings is 1. The Morgan fingerprint density at radius 1 is 1.26 bits per heavy atom. The maximum absolute atomic E-state index is 12.3. The monoisotopic (exact) mass is 254 g/mol. The summed E-state index contributed by atoms with van der Waals surface area (Å²) in [4.78, 5) is 18.3. The van der Waals surface area contributed by atoms with Crippen molar-refractivity contribution in [3.8, 4) is 11.3 Å². The van der Waals surface area contributed by atoms with Gasteiger partial charge in [-0.3, -0.25) is 14.5 Å². The number of hydrogen-bond donors (Lipinski definition) is 0. The van der Waals surface area contributed by atoms with Crippen LogP contribution in [0, 0.1) is 0 Å². The summed E-state index contributed by atoms with van der Waals surface area (Å²) in [7, 11) is 1.85. The van der Waals surface area contributed by atoms with Gasteiger partial charge in [0.05, 0.1) is 12.2 Å². The van der Waals surface area contributed by atoms with E-state index in [1.165, 1.54) is 5.56 Å². The number of hydrogen-bond acceptors (Lipinski definition) is 3. The molecule has 0 radical (unpaired) electrons. The van der Waals surface area contributed by atoms with Crippen molar-refractivity contribution in [1.82, 2.24) is 19.7 Å². The highest BCUT2D eigenvalue weighted by molar-refractivity contribution is 5.96. The van der Waals surface area contributed by atoms with Gasteiger partial charge in [-0.25, -0.2) is 0 Å². The first kappa shape index (κ1) is 10.7. The Balaban J connectivity index is 1.96. The molecule has 2 aliphatic rings. The number of rotatable bonds is 0. The Bertz CT molecular complexity index is 689. The molecule has 0 spiro atoms. The third-order valence-corrected chi connectivity index (χ3v) is 4.05. The number of carbonyl (C=O) groups excluding carboxylic acids is 1. The van der Waals surface area contributed by atoms with Gasteiger partial charge < -0.3 is 4.90 Å². The second kappa shape index (κ2) is 3.66.